The number of hydrogen-bond donors (Lipinski definition) is 0. The van der Waals surface area contributed by atoms with E-state index in [1.165, 1.54) is 0 Å². The number of hydrogen-bond acceptors (Lipinski definition) is 2. The Labute approximate surface area is 84.4 Å². The third-order valence-electron chi connectivity index (χ3n) is 2.96. The van der Waals surface area contributed by atoms with Crippen LogP contribution in [0.5, 0.6) is 0 Å². The largest absolute Gasteiger partial charge is 0.300 e. The minimum atomic E-state index is -0.620. The minimum absolute atomic E-state index is 0.164. The predicted octanol–water partition coefficient (Wildman–Crippen LogP) is 1.65. The first-order valence-electron chi connectivity index (χ1n) is 5.05. The number of likely N-dealkylation sites (N-methyl/N-ethyl adjacent to an activating group) is 1. The third-order valence-corrected chi connectivity index (χ3v) is 2.96. The number of rotatable bonds is 2. The summed E-state index contributed by atoms with van der Waals surface area (Å²) in [4.78, 5) is 6.09. The summed E-state index contributed by atoms with van der Waals surface area (Å²) in [6.45, 7) is 1.05. The molecular formula is C11H15N2O. The van der Waals surface area contributed by atoms with Crippen molar-refractivity contribution in [1.82, 2.24) is 9.88 Å². The van der Waals surface area contributed by atoms with Crippen molar-refractivity contribution in [1.29, 1.82) is 0 Å². The van der Waals surface area contributed by atoms with Crippen LogP contribution in [-0.4, -0.2) is 29.5 Å². The van der Waals surface area contributed by atoms with Gasteiger partial charge in [0.2, 0.25) is 0 Å². The zero-order valence-electron chi connectivity index (χ0n) is 8.39. The second kappa shape index (κ2) is 4.07. The van der Waals surface area contributed by atoms with Gasteiger partial charge in [-0.2, -0.15) is 0 Å². The molecule has 0 aliphatic carbocycles. The van der Waals surface area contributed by atoms with E-state index in [0.717, 1.165) is 24.9 Å². The van der Waals surface area contributed by atoms with E-state index in [9.17, 15) is 5.11 Å². The summed E-state index contributed by atoms with van der Waals surface area (Å²) in [5.41, 5.74) is 0.860. The molecule has 1 saturated heterocycles. The fraction of sp³-hybridized carbons (Fsp3) is 0.545. The van der Waals surface area contributed by atoms with E-state index in [2.05, 4.69) is 9.88 Å². The first-order valence-corrected chi connectivity index (χ1v) is 5.05. The smallest absolute Gasteiger partial charge is 0.133 e. The van der Waals surface area contributed by atoms with Gasteiger partial charge in [0.25, 0.3) is 0 Å². The zero-order chi connectivity index (χ0) is 9.97. The molecule has 0 spiro atoms. The summed E-state index contributed by atoms with van der Waals surface area (Å²) in [7, 11) is 2.03. The van der Waals surface area contributed by atoms with E-state index < -0.39 is 6.10 Å². The van der Waals surface area contributed by atoms with Gasteiger partial charge in [-0.1, -0.05) is 0 Å². The van der Waals surface area contributed by atoms with Gasteiger partial charge in [-0.05, 0) is 44.1 Å². The molecule has 75 valence electrons. The van der Waals surface area contributed by atoms with E-state index in [1.54, 1.807) is 12.4 Å². The van der Waals surface area contributed by atoms with Gasteiger partial charge in [0, 0.05) is 18.4 Å². The maximum Gasteiger partial charge on any atom is 0.133 e. The van der Waals surface area contributed by atoms with Crippen LogP contribution in [-0.2, 0) is 5.11 Å². The SMILES string of the molecule is CN1CCC[C@@H]1C([O])c1ccncc1. The Balaban J connectivity index is 2.12. The van der Waals surface area contributed by atoms with E-state index in [0.29, 0.717) is 0 Å². The van der Waals surface area contributed by atoms with Crippen molar-refractivity contribution in [2.75, 3.05) is 13.6 Å². The van der Waals surface area contributed by atoms with Crippen molar-refractivity contribution in [2.45, 2.75) is 25.0 Å². The molecule has 0 aromatic carbocycles. The van der Waals surface area contributed by atoms with Crippen LogP contribution in [0.25, 0.3) is 0 Å². The molecule has 2 atom stereocenters. The molecular weight excluding hydrogens is 176 g/mol. The molecule has 3 nitrogen and oxygen atoms in total. The Morgan fingerprint density at radius 3 is 2.79 bits per heavy atom. The Kier molecular flexibility index (Phi) is 2.79. The number of nitrogens with zero attached hydrogens (tertiary/aromatic N) is 2. The number of likely N-dealkylation sites (tertiary alicyclic amines) is 1. The Bertz CT molecular complexity index is 289. The molecule has 1 unspecified atom stereocenters. The van der Waals surface area contributed by atoms with Crippen molar-refractivity contribution >= 4 is 0 Å². The maximum absolute atomic E-state index is 12.1. The summed E-state index contributed by atoms with van der Waals surface area (Å²) >= 11 is 0. The molecule has 14 heavy (non-hydrogen) atoms. The Morgan fingerprint density at radius 2 is 2.21 bits per heavy atom. The summed E-state index contributed by atoms with van der Waals surface area (Å²) in [6, 6.07) is 3.81. The summed E-state index contributed by atoms with van der Waals surface area (Å²) in [5, 5.41) is 12.1. The molecule has 1 fully saturated rings. The van der Waals surface area contributed by atoms with Crippen LogP contribution >= 0.6 is 0 Å². The van der Waals surface area contributed by atoms with Crippen LogP contribution in [0, 0.1) is 0 Å². The van der Waals surface area contributed by atoms with Gasteiger partial charge < -0.3 is 4.90 Å². The highest BCUT2D eigenvalue weighted by Gasteiger charge is 2.29. The van der Waals surface area contributed by atoms with Gasteiger partial charge in [-0.3, -0.25) is 4.98 Å². The molecule has 2 rings (SSSR count). The highest BCUT2D eigenvalue weighted by molar-refractivity contribution is 5.15. The third kappa shape index (κ3) is 1.79. The monoisotopic (exact) mass is 191 g/mol. The van der Waals surface area contributed by atoms with Crippen LogP contribution in [0.3, 0.4) is 0 Å². The van der Waals surface area contributed by atoms with Gasteiger partial charge in [0.05, 0.1) is 0 Å². The minimum Gasteiger partial charge on any atom is -0.300 e. The lowest BCUT2D eigenvalue weighted by atomic mass is 10.0. The number of pyridine rings is 1. The molecule has 0 bridgehead atoms. The molecule has 1 aliphatic heterocycles. The van der Waals surface area contributed by atoms with Crippen LogP contribution in [0.2, 0.25) is 0 Å². The fourth-order valence-electron chi connectivity index (χ4n) is 2.09. The second-order valence-electron chi connectivity index (χ2n) is 3.89. The van der Waals surface area contributed by atoms with Gasteiger partial charge in [-0.15, -0.1) is 0 Å². The lowest BCUT2D eigenvalue weighted by Crippen LogP contribution is -2.30. The van der Waals surface area contributed by atoms with Gasteiger partial charge in [0.1, 0.15) is 6.10 Å². The van der Waals surface area contributed by atoms with Crippen molar-refractivity contribution < 1.29 is 5.11 Å². The van der Waals surface area contributed by atoms with Crippen LogP contribution < -0.4 is 0 Å². The van der Waals surface area contributed by atoms with E-state index >= 15 is 0 Å². The summed E-state index contributed by atoms with van der Waals surface area (Å²) in [5.74, 6) is 0. The molecule has 0 saturated carbocycles. The van der Waals surface area contributed by atoms with Gasteiger partial charge >= 0.3 is 0 Å². The first-order chi connectivity index (χ1) is 6.79. The molecule has 1 aromatic heterocycles. The Hall–Kier alpha value is -0.930. The predicted molar refractivity (Wildman–Crippen MR) is 53.3 cm³/mol. The van der Waals surface area contributed by atoms with Gasteiger partial charge in [-0.25, -0.2) is 5.11 Å². The van der Waals surface area contributed by atoms with Crippen LogP contribution in [0.4, 0.5) is 0 Å². The fourth-order valence-corrected chi connectivity index (χ4v) is 2.09. The highest BCUT2D eigenvalue weighted by atomic mass is 16.3. The molecule has 1 radical (unpaired) electrons. The number of aromatic nitrogens is 1. The van der Waals surface area contributed by atoms with Crippen molar-refractivity contribution in [3.8, 4) is 0 Å². The quantitative estimate of drug-likeness (QED) is 0.712. The van der Waals surface area contributed by atoms with Crippen LogP contribution in [0.15, 0.2) is 24.5 Å². The van der Waals surface area contributed by atoms with Crippen molar-refractivity contribution in [3.63, 3.8) is 0 Å². The molecule has 0 amide bonds. The molecule has 2 heterocycles. The van der Waals surface area contributed by atoms with Gasteiger partial charge in [0.15, 0.2) is 0 Å². The van der Waals surface area contributed by atoms with Crippen molar-refractivity contribution in [2.24, 2.45) is 0 Å². The van der Waals surface area contributed by atoms with E-state index in [4.69, 9.17) is 0 Å². The molecule has 1 aliphatic rings. The average molecular weight is 191 g/mol. The summed E-state index contributed by atoms with van der Waals surface area (Å²) < 4.78 is 0. The van der Waals surface area contributed by atoms with Crippen LogP contribution in [0.1, 0.15) is 24.5 Å². The topological polar surface area (TPSA) is 36.0 Å². The van der Waals surface area contributed by atoms with E-state index in [1.807, 2.05) is 19.2 Å². The molecule has 1 aromatic rings. The maximum atomic E-state index is 12.1. The lowest BCUT2D eigenvalue weighted by Gasteiger charge is -2.23. The Morgan fingerprint density at radius 1 is 1.50 bits per heavy atom. The van der Waals surface area contributed by atoms with Crippen molar-refractivity contribution in [3.05, 3.63) is 30.1 Å². The first kappa shape index (κ1) is 9.62. The molecule has 3 heteroatoms. The second-order valence-corrected chi connectivity index (χ2v) is 3.89. The lowest BCUT2D eigenvalue weighted by molar-refractivity contribution is 0.0236. The standard InChI is InChI=1S/C11H15N2O/c1-13-8-2-3-10(13)11(14)9-4-6-12-7-5-9/h4-7,10-11H,2-3,8H2,1H3/t10-,11?/m1/s1. The zero-order valence-corrected chi connectivity index (χ0v) is 8.39. The normalized spacial score (nSPS) is 25.1. The average Bonchev–Trinajstić information content (AvgIpc) is 2.65. The summed E-state index contributed by atoms with van der Waals surface area (Å²) in [6.07, 6.45) is 4.92. The molecule has 0 N–H and O–H groups in total. The highest BCUT2D eigenvalue weighted by Crippen LogP contribution is 2.27. The van der Waals surface area contributed by atoms with E-state index in [-0.39, 0.29) is 6.04 Å².